The number of benzene rings is 2. The molecular weight excluding hydrogens is 504 g/mol. The molecule has 1 amide bonds. The highest BCUT2D eigenvalue weighted by Crippen LogP contribution is 2.41. The van der Waals surface area contributed by atoms with Crippen molar-refractivity contribution >= 4 is 16.9 Å². The summed E-state index contributed by atoms with van der Waals surface area (Å²) in [6.45, 7) is 6.87. The van der Waals surface area contributed by atoms with E-state index in [1.165, 1.54) is 5.56 Å². The molecule has 2 aromatic carbocycles. The number of aromatic nitrogens is 3. The molecule has 2 aromatic heterocycles. The van der Waals surface area contributed by atoms with Gasteiger partial charge in [0.15, 0.2) is 11.5 Å². The van der Waals surface area contributed by atoms with E-state index in [2.05, 4.69) is 42.7 Å². The van der Waals surface area contributed by atoms with Crippen molar-refractivity contribution in [3.8, 4) is 28.6 Å². The van der Waals surface area contributed by atoms with Crippen molar-refractivity contribution in [3.63, 3.8) is 0 Å². The number of carbonyl (C=O) groups is 1. The van der Waals surface area contributed by atoms with E-state index in [9.17, 15) is 4.79 Å². The Hall–Kier alpha value is -4.07. The van der Waals surface area contributed by atoms with Crippen molar-refractivity contribution in [2.24, 2.45) is 5.92 Å². The quantitative estimate of drug-likeness (QED) is 0.254. The Morgan fingerprint density at radius 2 is 1.73 bits per heavy atom. The summed E-state index contributed by atoms with van der Waals surface area (Å²) in [5.74, 6) is 2.06. The molecule has 2 aliphatic rings. The second-order valence-corrected chi connectivity index (χ2v) is 11.1. The predicted octanol–water partition coefficient (Wildman–Crippen LogP) is 6.14. The van der Waals surface area contributed by atoms with Crippen molar-refractivity contribution in [2.45, 2.75) is 58.2 Å². The first-order valence-electron chi connectivity index (χ1n) is 14.0. The molecule has 0 unspecified atom stereocenters. The van der Waals surface area contributed by atoms with Gasteiger partial charge in [-0.05, 0) is 63.4 Å². The molecule has 2 fully saturated rings. The van der Waals surface area contributed by atoms with Gasteiger partial charge in [0.05, 0.1) is 37.8 Å². The van der Waals surface area contributed by atoms with Crippen LogP contribution < -0.4 is 14.2 Å². The summed E-state index contributed by atoms with van der Waals surface area (Å²) < 4.78 is 19.8. The fraction of sp³-hybridized carbons (Fsp3) is 0.406. The average molecular weight is 541 g/mol. The molecule has 0 N–H and O–H groups in total. The molecular formula is C32H36N4O4. The van der Waals surface area contributed by atoms with Gasteiger partial charge in [-0.15, -0.1) is 0 Å². The van der Waals surface area contributed by atoms with Crippen molar-refractivity contribution in [1.82, 2.24) is 19.4 Å². The Bertz CT molecular complexity index is 1540. The van der Waals surface area contributed by atoms with Gasteiger partial charge in [0.25, 0.3) is 0 Å². The number of aryl methyl sites for hydroxylation is 1. The first-order valence-corrected chi connectivity index (χ1v) is 14.0. The number of fused-ring (bicyclic) bond motifs is 1. The molecule has 4 aromatic rings. The third kappa shape index (κ3) is 4.87. The number of pyridine rings is 1. The van der Waals surface area contributed by atoms with Crippen LogP contribution in [-0.4, -0.2) is 52.2 Å². The molecule has 1 saturated heterocycles. The zero-order valence-electron chi connectivity index (χ0n) is 23.8. The third-order valence-corrected chi connectivity index (χ3v) is 8.32. The van der Waals surface area contributed by atoms with Gasteiger partial charge in [-0.3, -0.25) is 4.79 Å². The predicted molar refractivity (Wildman–Crippen MR) is 154 cm³/mol. The fourth-order valence-corrected chi connectivity index (χ4v) is 5.63. The maximum Gasteiger partial charge on any atom is 0.241 e. The largest absolute Gasteiger partial charge is 0.493 e. The lowest BCUT2D eigenvalue weighted by Crippen LogP contribution is -2.31. The summed E-state index contributed by atoms with van der Waals surface area (Å²) in [5, 5.41) is 0. The number of nitrogens with zero attached hydrogens (tertiary/aromatic N) is 4. The number of likely N-dealkylation sites (tertiary alicyclic amines) is 1. The SMILES string of the molecule is COc1ccc(-c2cc3ncn(C4CC4)c3c(O[C@H](C)[C@@H]3CC(=O)N([C@H](C)c4ccc(C)cc4)C3)n2)cc1OC. The first kappa shape index (κ1) is 26.2. The second kappa shape index (κ2) is 10.5. The van der Waals surface area contributed by atoms with Crippen LogP contribution in [0.15, 0.2) is 54.9 Å². The number of hydrogen-bond acceptors (Lipinski definition) is 6. The molecule has 8 heteroatoms. The van der Waals surface area contributed by atoms with Crippen LogP contribution in [-0.2, 0) is 4.79 Å². The summed E-state index contributed by atoms with van der Waals surface area (Å²) >= 11 is 0. The molecule has 3 heterocycles. The summed E-state index contributed by atoms with van der Waals surface area (Å²) in [7, 11) is 3.24. The van der Waals surface area contributed by atoms with Crippen LogP contribution in [0, 0.1) is 12.8 Å². The van der Waals surface area contributed by atoms with E-state index in [-0.39, 0.29) is 24.0 Å². The molecule has 8 nitrogen and oxygen atoms in total. The highest BCUT2D eigenvalue weighted by Gasteiger charge is 2.37. The lowest BCUT2D eigenvalue weighted by molar-refractivity contribution is -0.129. The number of carbonyl (C=O) groups excluding carboxylic acids is 1. The van der Waals surface area contributed by atoms with Crippen molar-refractivity contribution in [3.05, 3.63) is 66.0 Å². The maximum absolute atomic E-state index is 13.1. The lowest BCUT2D eigenvalue weighted by atomic mass is 10.0. The summed E-state index contributed by atoms with van der Waals surface area (Å²) in [4.78, 5) is 24.8. The number of ether oxygens (including phenoxy) is 3. The monoisotopic (exact) mass is 540 g/mol. The van der Waals surface area contributed by atoms with Crippen molar-refractivity contribution in [1.29, 1.82) is 0 Å². The minimum Gasteiger partial charge on any atom is -0.493 e. The smallest absolute Gasteiger partial charge is 0.241 e. The van der Waals surface area contributed by atoms with Crippen LogP contribution in [0.3, 0.4) is 0 Å². The molecule has 0 bridgehead atoms. The zero-order chi connectivity index (χ0) is 28.0. The van der Waals surface area contributed by atoms with Gasteiger partial charge in [0.1, 0.15) is 11.6 Å². The van der Waals surface area contributed by atoms with Gasteiger partial charge in [-0.2, -0.15) is 0 Å². The Labute approximate surface area is 234 Å². The number of hydrogen-bond donors (Lipinski definition) is 0. The zero-order valence-corrected chi connectivity index (χ0v) is 23.8. The standard InChI is InChI=1S/C32H36N4O4/c1-19-6-8-22(9-7-19)20(2)35-17-24(15-30(35)37)21(3)40-32-31-27(33-18-36(31)25-11-12-25)16-26(34-32)23-10-13-28(38-4)29(14-23)39-5/h6-10,13-14,16,18,20-21,24-25H,11-12,15,17H2,1-5H3/t20-,21-,24-/m1/s1. The molecule has 1 saturated carbocycles. The molecule has 40 heavy (non-hydrogen) atoms. The van der Waals surface area contributed by atoms with Gasteiger partial charge < -0.3 is 23.7 Å². The Kier molecular flexibility index (Phi) is 6.86. The highest BCUT2D eigenvalue weighted by molar-refractivity contribution is 5.85. The van der Waals surface area contributed by atoms with Crippen molar-refractivity contribution < 1.29 is 19.0 Å². The van der Waals surface area contributed by atoms with E-state index in [4.69, 9.17) is 24.2 Å². The summed E-state index contributed by atoms with van der Waals surface area (Å²) in [6, 6.07) is 16.6. The Balaban J connectivity index is 1.29. The maximum atomic E-state index is 13.1. The van der Waals surface area contributed by atoms with Crippen LogP contribution in [0.1, 0.15) is 56.3 Å². The van der Waals surface area contributed by atoms with Crippen LogP contribution >= 0.6 is 0 Å². The van der Waals surface area contributed by atoms with Gasteiger partial charge in [0.2, 0.25) is 11.8 Å². The Morgan fingerprint density at radius 1 is 0.975 bits per heavy atom. The first-order chi connectivity index (χ1) is 19.4. The summed E-state index contributed by atoms with van der Waals surface area (Å²) in [5.41, 5.74) is 5.73. The normalized spacial score (nSPS) is 18.7. The fourth-order valence-electron chi connectivity index (χ4n) is 5.63. The number of rotatable bonds is 9. The van der Waals surface area contributed by atoms with Gasteiger partial charge in [-0.25, -0.2) is 9.97 Å². The Morgan fingerprint density at radius 3 is 2.42 bits per heavy atom. The molecule has 3 atom stereocenters. The molecule has 208 valence electrons. The van der Waals surface area contributed by atoms with E-state index >= 15 is 0 Å². The van der Waals surface area contributed by atoms with Crippen LogP contribution in [0.4, 0.5) is 0 Å². The van der Waals surface area contributed by atoms with Crippen molar-refractivity contribution in [2.75, 3.05) is 20.8 Å². The van der Waals surface area contributed by atoms with E-state index in [1.54, 1.807) is 14.2 Å². The molecule has 1 aliphatic carbocycles. The van der Waals surface area contributed by atoms with Crippen LogP contribution in [0.25, 0.3) is 22.3 Å². The molecule has 0 spiro atoms. The van der Waals surface area contributed by atoms with Gasteiger partial charge >= 0.3 is 0 Å². The summed E-state index contributed by atoms with van der Waals surface area (Å²) in [6.07, 6.45) is 4.39. The lowest BCUT2D eigenvalue weighted by Gasteiger charge is -2.27. The topological polar surface area (TPSA) is 78.7 Å². The third-order valence-electron chi connectivity index (χ3n) is 8.32. The average Bonchev–Trinajstić information content (AvgIpc) is 3.60. The molecule has 6 rings (SSSR count). The van der Waals surface area contributed by atoms with E-state index < -0.39 is 0 Å². The number of amides is 1. The number of methoxy groups -OCH3 is 2. The van der Waals surface area contributed by atoms with Gasteiger partial charge in [-0.1, -0.05) is 29.8 Å². The second-order valence-electron chi connectivity index (χ2n) is 11.1. The number of imidazole rings is 1. The molecule has 0 radical (unpaired) electrons. The highest BCUT2D eigenvalue weighted by atomic mass is 16.5. The minimum absolute atomic E-state index is 0.0137. The van der Waals surface area contributed by atoms with Crippen LogP contribution in [0.5, 0.6) is 17.4 Å². The van der Waals surface area contributed by atoms with Gasteiger partial charge in [0, 0.05) is 30.5 Å². The van der Waals surface area contributed by atoms with Crippen LogP contribution in [0.2, 0.25) is 0 Å². The molecule has 1 aliphatic heterocycles. The van der Waals surface area contributed by atoms with E-state index in [0.717, 1.165) is 40.7 Å². The van der Waals surface area contributed by atoms with E-state index in [0.29, 0.717) is 36.4 Å². The van der Waals surface area contributed by atoms with E-state index in [1.807, 2.05) is 42.4 Å². The minimum atomic E-state index is -0.210.